The van der Waals surface area contributed by atoms with Crippen LogP contribution in [0.1, 0.15) is 0 Å². The van der Waals surface area contributed by atoms with E-state index < -0.39 is 9.05 Å². The van der Waals surface area contributed by atoms with Crippen molar-refractivity contribution in [1.29, 1.82) is 0 Å². The van der Waals surface area contributed by atoms with E-state index in [1.807, 2.05) is 6.07 Å². The molecular formula is C9H5Cl2NO2S2. The molecule has 3 nitrogen and oxygen atoms in total. The number of aromatic nitrogens is 1. The van der Waals surface area contributed by atoms with Gasteiger partial charge in [-0.25, -0.2) is 8.42 Å². The molecule has 0 fully saturated rings. The highest BCUT2D eigenvalue weighted by Gasteiger charge is 2.19. The zero-order chi connectivity index (χ0) is 11.8. The first kappa shape index (κ1) is 11.9. The first-order chi connectivity index (χ1) is 7.48. The van der Waals surface area contributed by atoms with Crippen molar-refractivity contribution in [1.82, 2.24) is 4.98 Å². The lowest BCUT2D eigenvalue weighted by Crippen LogP contribution is -1.84. The Bertz CT molecular complexity index is 608. The standard InChI is InChI=1S/C9H5Cl2NO2S2/c10-7-4-8(6-2-1-3-12-5-6)15-9(7)16(11,13)14/h1-5H. The first-order valence-electron chi connectivity index (χ1n) is 4.13. The minimum atomic E-state index is -3.78. The summed E-state index contributed by atoms with van der Waals surface area (Å²) in [5.41, 5.74) is 0.806. The monoisotopic (exact) mass is 293 g/mol. The molecule has 0 aliphatic heterocycles. The number of pyridine rings is 1. The topological polar surface area (TPSA) is 47.0 Å². The Morgan fingerprint density at radius 2 is 2.12 bits per heavy atom. The van der Waals surface area contributed by atoms with Gasteiger partial charge in [0.25, 0.3) is 9.05 Å². The average molecular weight is 294 g/mol. The third-order valence-electron chi connectivity index (χ3n) is 1.82. The summed E-state index contributed by atoms with van der Waals surface area (Å²) in [5.74, 6) is 0. The van der Waals surface area contributed by atoms with E-state index in [1.165, 1.54) is 0 Å². The number of hydrogen-bond acceptors (Lipinski definition) is 4. The van der Waals surface area contributed by atoms with Crippen LogP contribution < -0.4 is 0 Å². The summed E-state index contributed by atoms with van der Waals surface area (Å²) in [5, 5.41) is 0.138. The van der Waals surface area contributed by atoms with Crippen molar-refractivity contribution < 1.29 is 8.42 Å². The fourth-order valence-corrected chi connectivity index (χ4v) is 4.15. The highest BCUT2D eigenvalue weighted by Crippen LogP contribution is 2.38. The Balaban J connectivity index is 2.55. The Labute approximate surface area is 106 Å². The van der Waals surface area contributed by atoms with Crippen LogP contribution in [0.15, 0.2) is 34.8 Å². The Kier molecular flexibility index (Phi) is 3.21. The third-order valence-corrected chi connectivity index (χ3v) is 5.63. The summed E-state index contributed by atoms with van der Waals surface area (Å²) in [6.07, 6.45) is 3.27. The molecule has 0 radical (unpaired) electrons. The molecule has 0 amide bonds. The third kappa shape index (κ3) is 2.38. The summed E-state index contributed by atoms with van der Waals surface area (Å²) in [6, 6.07) is 5.15. The zero-order valence-electron chi connectivity index (χ0n) is 7.72. The van der Waals surface area contributed by atoms with Gasteiger partial charge in [0.15, 0.2) is 4.21 Å². The van der Waals surface area contributed by atoms with Gasteiger partial charge in [-0.2, -0.15) is 0 Å². The Hall–Kier alpha value is -0.620. The molecule has 0 atom stereocenters. The minimum Gasteiger partial charge on any atom is -0.264 e. The largest absolute Gasteiger partial charge is 0.272 e. The number of thiophene rings is 1. The van der Waals surface area contributed by atoms with Gasteiger partial charge in [-0.3, -0.25) is 4.98 Å². The fourth-order valence-electron chi connectivity index (χ4n) is 1.17. The van der Waals surface area contributed by atoms with Crippen LogP contribution >= 0.6 is 33.6 Å². The van der Waals surface area contributed by atoms with E-state index >= 15 is 0 Å². The molecule has 0 saturated carbocycles. The molecule has 2 heterocycles. The average Bonchev–Trinajstić information content (AvgIpc) is 2.61. The summed E-state index contributed by atoms with van der Waals surface area (Å²) >= 11 is 6.83. The molecule has 2 rings (SSSR count). The zero-order valence-corrected chi connectivity index (χ0v) is 10.9. The van der Waals surface area contributed by atoms with Crippen molar-refractivity contribution in [3.63, 3.8) is 0 Å². The van der Waals surface area contributed by atoms with E-state index in [9.17, 15) is 8.42 Å². The van der Waals surface area contributed by atoms with Crippen LogP contribution in [0.2, 0.25) is 5.02 Å². The van der Waals surface area contributed by atoms with E-state index in [0.29, 0.717) is 0 Å². The normalized spacial score (nSPS) is 11.6. The Morgan fingerprint density at radius 3 is 2.62 bits per heavy atom. The van der Waals surface area contributed by atoms with E-state index in [2.05, 4.69) is 4.98 Å². The lowest BCUT2D eigenvalue weighted by molar-refractivity contribution is 0.611. The lowest BCUT2D eigenvalue weighted by atomic mass is 10.2. The molecule has 16 heavy (non-hydrogen) atoms. The van der Waals surface area contributed by atoms with Gasteiger partial charge in [0.2, 0.25) is 0 Å². The second-order valence-electron chi connectivity index (χ2n) is 2.93. The molecule has 0 aliphatic rings. The maximum Gasteiger partial charge on any atom is 0.272 e. The Morgan fingerprint density at radius 1 is 1.38 bits per heavy atom. The molecule has 0 saturated heterocycles. The highest BCUT2D eigenvalue weighted by atomic mass is 35.7. The van der Waals surface area contributed by atoms with Crippen molar-refractivity contribution in [2.75, 3.05) is 0 Å². The van der Waals surface area contributed by atoms with Crippen LogP contribution in [0, 0.1) is 0 Å². The van der Waals surface area contributed by atoms with Crippen molar-refractivity contribution in [3.05, 3.63) is 35.6 Å². The second kappa shape index (κ2) is 4.33. The van der Waals surface area contributed by atoms with Crippen molar-refractivity contribution in [2.45, 2.75) is 4.21 Å². The van der Waals surface area contributed by atoms with Gasteiger partial charge in [0, 0.05) is 33.5 Å². The van der Waals surface area contributed by atoms with Crippen molar-refractivity contribution >= 4 is 42.7 Å². The van der Waals surface area contributed by atoms with Gasteiger partial charge in [-0.15, -0.1) is 11.3 Å². The number of nitrogens with zero attached hydrogens (tertiary/aromatic N) is 1. The molecule has 0 bridgehead atoms. The minimum absolute atomic E-state index is 0.0327. The van der Waals surface area contributed by atoms with Crippen LogP contribution in [-0.2, 0) is 9.05 Å². The maximum atomic E-state index is 11.2. The molecule has 0 aliphatic carbocycles. The lowest BCUT2D eigenvalue weighted by Gasteiger charge is -1.93. The molecule has 2 aromatic rings. The van der Waals surface area contributed by atoms with E-state index in [0.717, 1.165) is 21.8 Å². The molecule has 0 unspecified atom stereocenters. The molecule has 0 aromatic carbocycles. The molecule has 2 aromatic heterocycles. The number of rotatable bonds is 2. The summed E-state index contributed by atoms with van der Waals surface area (Å²) in [4.78, 5) is 4.66. The molecule has 84 valence electrons. The number of halogens is 2. The predicted molar refractivity (Wildman–Crippen MR) is 65.6 cm³/mol. The van der Waals surface area contributed by atoms with Gasteiger partial charge in [-0.1, -0.05) is 17.7 Å². The van der Waals surface area contributed by atoms with Crippen LogP contribution in [0.3, 0.4) is 0 Å². The van der Waals surface area contributed by atoms with Gasteiger partial charge in [-0.05, 0) is 12.1 Å². The first-order valence-corrected chi connectivity index (χ1v) is 7.63. The fraction of sp³-hybridized carbons (Fsp3) is 0. The number of hydrogen-bond donors (Lipinski definition) is 0. The van der Waals surface area contributed by atoms with E-state index in [-0.39, 0.29) is 9.23 Å². The quantitative estimate of drug-likeness (QED) is 0.798. The van der Waals surface area contributed by atoms with Crippen molar-refractivity contribution in [2.24, 2.45) is 0 Å². The molecule has 0 N–H and O–H groups in total. The van der Waals surface area contributed by atoms with Crippen LogP contribution in [0.25, 0.3) is 10.4 Å². The van der Waals surface area contributed by atoms with Gasteiger partial charge < -0.3 is 0 Å². The van der Waals surface area contributed by atoms with Gasteiger partial charge in [0.05, 0.1) is 5.02 Å². The van der Waals surface area contributed by atoms with Crippen molar-refractivity contribution in [3.8, 4) is 10.4 Å². The molecular weight excluding hydrogens is 289 g/mol. The van der Waals surface area contributed by atoms with E-state index in [1.54, 1.807) is 24.5 Å². The maximum absolute atomic E-state index is 11.2. The van der Waals surface area contributed by atoms with Crippen LogP contribution in [0.4, 0.5) is 0 Å². The predicted octanol–water partition coefficient (Wildman–Crippen LogP) is 3.39. The molecule has 7 heteroatoms. The SMILES string of the molecule is O=S(=O)(Cl)c1sc(-c2cccnc2)cc1Cl. The second-order valence-corrected chi connectivity index (χ2v) is 7.15. The highest BCUT2D eigenvalue weighted by molar-refractivity contribution is 8.15. The van der Waals surface area contributed by atoms with E-state index in [4.69, 9.17) is 22.3 Å². The van der Waals surface area contributed by atoms with Crippen LogP contribution in [-0.4, -0.2) is 13.4 Å². The summed E-state index contributed by atoms with van der Waals surface area (Å²) in [7, 11) is 1.46. The molecule has 0 spiro atoms. The van der Waals surface area contributed by atoms with Crippen LogP contribution in [0.5, 0.6) is 0 Å². The smallest absolute Gasteiger partial charge is 0.264 e. The summed E-state index contributed by atoms with van der Waals surface area (Å²) in [6.45, 7) is 0. The summed E-state index contributed by atoms with van der Waals surface area (Å²) < 4.78 is 22.3. The van der Waals surface area contributed by atoms with Gasteiger partial charge in [0.1, 0.15) is 0 Å². The van der Waals surface area contributed by atoms with Gasteiger partial charge >= 0.3 is 0 Å².